The molecule has 0 fully saturated rings. The summed E-state index contributed by atoms with van der Waals surface area (Å²) >= 11 is 18.0. The first-order valence-electron chi connectivity index (χ1n) is 5.05. The lowest BCUT2D eigenvalue weighted by molar-refractivity contribution is 1.07. The molecule has 88 valence electrons. The summed E-state index contributed by atoms with van der Waals surface area (Å²) in [5, 5.41) is 1.74. The van der Waals surface area contributed by atoms with Crippen molar-refractivity contribution in [1.82, 2.24) is 0 Å². The predicted molar refractivity (Wildman–Crippen MR) is 74.8 cm³/mol. The minimum atomic E-state index is 0.431. The van der Waals surface area contributed by atoms with Gasteiger partial charge in [-0.3, -0.25) is 0 Å². The fraction of sp³-hybridized carbons (Fsp3) is 0.0769. The van der Waals surface area contributed by atoms with Gasteiger partial charge in [0.2, 0.25) is 0 Å². The predicted octanol–water partition coefficient (Wildman–Crippen LogP) is 4.77. The third-order valence-corrected chi connectivity index (χ3v) is 3.62. The van der Waals surface area contributed by atoms with Crippen LogP contribution in [-0.2, 0) is 6.54 Å². The Morgan fingerprint density at radius 2 is 1.35 bits per heavy atom. The molecule has 0 aromatic heterocycles. The fourth-order valence-corrected chi connectivity index (χ4v) is 2.12. The highest BCUT2D eigenvalue weighted by Gasteiger charge is 2.05. The largest absolute Gasteiger partial charge is 0.326 e. The maximum Gasteiger partial charge on any atom is 0.0598 e. The summed E-state index contributed by atoms with van der Waals surface area (Å²) in [5.41, 5.74) is 8.45. The Bertz CT molecular complexity index is 552. The van der Waals surface area contributed by atoms with E-state index < -0.39 is 0 Å². The Balaban J connectivity index is 2.46. The molecule has 2 aromatic carbocycles. The summed E-state index contributed by atoms with van der Waals surface area (Å²) < 4.78 is 0. The van der Waals surface area contributed by atoms with Gasteiger partial charge in [0, 0.05) is 11.6 Å². The van der Waals surface area contributed by atoms with Gasteiger partial charge in [0.15, 0.2) is 0 Å². The molecule has 2 aromatic rings. The molecule has 2 N–H and O–H groups in total. The highest BCUT2D eigenvalue weighted by Crippen LogP contribution is 2.30. The zero-order valence-corrected chi connectivity index (χ0v) is 11.2. The highest BCUT2D eigenvalue weighted by molar-refractivity contribution is 6.42. The number of nitrogens with two attached hydrogens (primary N) is 1. The van der Waals surface area contributed by atoms with Gasteiger partial charge < -0.3 is 5.73 Å². The second-order valence-corrected chi connectivity index (χ2v) is 4.86. The number of benzene rings is 2. The summed E-state index contributed by atoms with van der Waals surface area (Å²) in [4.78, 5) is 0. The molecule has 0 bridgehead atoms. The van der Waals surface area contributed by atoms with Crippen LogP contribution in [0.4, 0.5) is 0 Å². The van der Waals surface area contributed by atoms with Crippen molar-refractivity contribution in [3.8, 4) is 11.1 Å². The van der Waals surface area contributed by atoms with Crippen LogP contribution in [-0.4, -0.2) is 0 Å². The lowest BCUT2D eigenvalue weighted by Gasteiger charge is -2.06. The van der Waals surface area contributed by atoms with Crippen molar-refractivity contribution in [3.63, 3.8) is 0 Å². The molecule has 0 saturated carbocycles. The Labute approximate surface area is 115 Å². The van der Waals surface area contributed by atoms with Gasteiger partial charge in [0.05, 0.1) is 10.0 Å². The van der Waals surface area contributed by atoms with Gasteiger partial charge in [0.25, 0.3) is 0 Å². The number of hydrogen-bond donors (Lipinski definition) is 1. The summed E-state index contributed by atoms with van der Waals surface area (Å²) in [6.45, 7) is 0.431. The van der Waals surface area contributed by atoms with Gasteiger partial charge in [-0.25, -0.2) is 0 Å². The van der Waals surface area contributed by atoms with E-state index in [0.29, 0.717) is 21.6 Å². The van der Waals surface area contributed by atoms with Crippen molar-refractivity contribution in [3.05, 3.63) is 57.0 Å². The quantitative estimate of drug-likeness (QED) is 0.845. The molecular formula is C13H10Cl3N. The van der Waals surface area contributed by atoms with Crippen LogP contribution in [0.1, 0.15) is 5.56 Å². The Morgan fingerprint density at radius 1 is 0.765 bits per heavy atom. The molecule has 0 atom stereocenters. The lowest BCUT2D eigenvalue weighted by atomic mass is 10.0. The third-order valence-electron chi connectivity index (χ3n) is 2.53. The average Bonchev–Trinajstić information content (AvgIpc) is 2.32. The van der Waals surface area contributed by atoms with Crippen molar-refractivity contribution in [2.24, 2.45) is 5.73 Å². The van der Waals surface area contributed by atoms with Gasteiger partial charge in [0.1, 0.15) is 0 Å². The monoisotopic (exact) mass is 285 g/mol. The van der Waals surface area contributed by atoms with Gasteiger partial charge in [-0.15, -0.1) is 0 Å². The Hall–Kier alpha value is -0.730. The molecule has 0 saturated heterocycles. The topological polar surface area (TPSA) is 26.0 Å². The molecule has 4 heteroatoms. The van der Waals surface area contributed by atoms with Crippen molar-refractivity contribution in [2.75, 3.05) is 0 Å². The van der Waals surface area contributed by atoms with E-state index in [4.69, 9.17) is 40.5 Å². The van der Waals surface area contributed by atoms with Crippen LogP contribution in [0.25, 0.3) is 11.1 Å². The number of rotatable bonds is 2. The summed E-state index contributed by atoms with van der Waals surface area (Å²) in [6, 6.07) is 11.3. The smallest absolute Gasteiger partial charge is 0.0598 e. The van der Waals surface area contributed by atoms with E-state index in [2.05, 4.69) is 0 Å². The summed E-state index contributed by atoms with van der Waals surface area (Å²) in [6.07, 6.45) is 0. The maximum absolute atomic E-state index is 6.11. The van der Waals surface area contributed by atoms with Crippen molar-refractivity contribution in [2.45, 2.75) is 6.54 Å². The first kappa shape index (κ1) is 12.7. The molecule has 0 aliphatic carbocycles. The summed E-state index contributed by atoms with van der Waals surface area (Å²) in [5.74, 6) is 0. The van der Waals surface area contributed by atoms with Crippen molar-refractivity contribution in [1.29, 1.82) is 0 Å². The van der Waals surface area contributed by atoms with E-state index in [1.807, 2.05) is 30.3 Å². The second-order valence-electron chi connectivity index (χ2n) is 3.64. The first-order chi connectivity index (χ1) is 8.11. The molecular weight excluding hydrogens is 277 g/mol. The van der Waals surface area contributed by atoms with Gasteiger partial charge >= 0.3 is 0 Å². The van der Waals surface area contributed by atoms with E-state index in [1.54, 1.807) is 6.07 Å². The lowest BCUT2D eigenvalue weighted by Crippen LogP contribution is -1.96. The van der Waals surface area contributed by atoms with E-state index in [-0.39, 0.29) is 0 Å². The third kappa shape index (κ3) is 2.75. The fourth-order valence-electron chi connectivity index (χ4n) is 1.57. The van der Waals surface area contributed by atoms with E-state index in [1.165, 1.54) is 0 Å². The van der Waals surface area contributed by atoms with Gasteiger partial charge in [-0.05, 0) is 34.9 Å². The van der Waals surface area contributed by atoms with Gasteiger partial charge in [-0.1, -0.05) is 53.0 Å². The minimum absolute atomic E-state index is 0.431. The molecule has 0 heterocycles. The highest BCUT2D eigenvalue weighted by atomic mass is 35.5. The van der Waals surface area contributed by atoms with Crippen LogP contribution in [0.5, 0.6) is 0 Å². The summed E-state index contributed by atoms with van der Waals surface area (Å²) in [7, 11) is 0. The zero-order valence-electron chi connectivity index (χ0n) is 8.88. The Morgan fingerprint density at radius 3 is 1.88 bits per heavy atom. The average molecular weight is 287 g/mol. The normalized spacial score (nSPS) is 10.6. The van der Waals surface area contributed by atoms with Crippen molar-refractivity contribution >= 4 is 34.8 Å². The van der Waals surface area contributed by atoms with Gasteiger partial charge in [-0.2, -0.15) is 0 Å². The molecule has 0 amide bonds. The van der Waals surface area contributed by atoms with Crippen molar-refractivity contribution < 1.29 is 0 Å². The molecule has 0 aliphatic heterocycles. The zero-order chi connectivity index (χ0) is 12.4. The van der Waals surface area contributed by atoms with Crippen LogP contribution in [0.15, 0.2) is 36.4 Å². The molecule has 1 nitrogen and oxygen atoms in total. The van der Waals surface area contributed by atoms with Crippen LogP contribution in [0.3, 0.4) is 0 Å². The van der Waals surface area contributed by atoms with E-state index in [0.717, 1.165) is 16.7 Å². The van der Waals surface area contributed by atoms with Crippen LogP contribution in [0, 0.1) is 0 Å². The van der Waals surface area contributed by atoms with E-state index >= 15 is 0 Å². The SMILES string of the molecule is NCc1ccc(-c2ccc(Cl)c(Cl)c2)cc1Cl. The molecule has 17 heavy (non-hydrogen) atoms. The standard InChI is InChI=1S/C13H10Cl3N/c14-11-4-3-9(6-13(11)16)8-1-2-10(7-17)12(15)5-8/h1-6H,7,17H2. The molecule has 0 spiro atoms. The maximum atomic E-state index is 6.11. The number of hydrogen-bond acceptors (Lipinski definition) is 1. The van der Waals surface area contributed by atoms with Crippen LogP contribution >= 0.6 is 34.8 Å². The first-order valence-corrected chi connectivity index (χ1v) is 6.19. The van der Waals surface area contributed by atoms with E-state index in [9.17, 15) is 0 Å². The second kappa shape index (κ2) is 5.28. The molecule has 0 unspecified atom stereocenters. The molecule has 0 aliphatic rings. The molecule has 2 rings (SSSR count). The van der Waals surface area contributed by atoms with Crippen LogP contribution < -0.4 is 5.73 Å². The number of halogens is 3. The molecule has 0 radical (unpaired) electrons. The minimum Gasteiger partial charge on any atom is -0.326 e. The Kier molecular flexibility index (Phi) is 3.95. The van der Waals surface area contributed by atoms with Crippen LogP contribution in [0.2, 0.25) is 15.1 Å².